The van der Waals surface area contributed by atoms with Gasteiger partial charge >= 0.3 is 11.9 Å². The van der Waals surface area contributed by atoms with E-state index < -0.39 is 11.9 Å². The predicted molar refractivity (Wildman–Crippen MR) is 117 cm³/mol. The molecule has 170 valence electrons. The third kappa shape index (κ3) is 9.05. The van der Waals surface area contributed by atoms with Crippen molar-refractivity contribution in [2.24, 2.45) is 0 Å². The van der Waals surface area contributed by atoms with Crippen molar-refractivity contribution in [1.29, 1.82) is 0 Å². The maximum atomic E-state index is 12.9. The number of pyridine rings is 1. The van der Waals surface area contributed by atoms with Gasteiger partial charge in [-0.25, -0.2) is 19.0 Å². The highest BCUT2D eigenvalue weighted by Gasteiger charge is 2.17. The summed E-state index contributed by atoms with van der Waals surface area (Å²) >= 11 is 0. The number of aromatic nitrogens is 1. The Kier molecular flexibility index (Phi) is 9.99. The number of carboxylic acids is 2. The lowest BCUT2D eigenvalue weighted by atomic mass is 10.1. The molecule has 1 aromatic carbocycles. The van der Waals surface area contributed by atoms with Crippen molar-refractivity contribution in [1.82, 2.24) is 9.88 Å². The minimum absolute atomic E-state index is 0.0853. The summed E-state index contributed by atoms with van der Waals surface area (Å²) < 4.78 is 12.9. The smallest absolute Gasteiger partial charge is 0.328 e. The first-order chi connectivity index (χ1) is 15.3. The lowest BCUT2D eigenvalue weighted by Crippen LogP contribution is -2.46. The van der Waals surface area contributed by atoms with Crippen LogP contribution >= 0.6 is 0 Å². The Balaban J connectivity index is 0.000000390. The highest BCUT2D eigenvalue weighted by Crippen LogP contribution is 2.13. The number of hydrogen-bond acceptors (Lipinski definition) is 6. The number of carbonyl (C=O) groups excluding carboxylic acids is 1. The summed E-state index contributed by atoms with van der Waals surface area (Å²) in [6.45, 7) is 4.82. The van der Waals surface area contributed by atoms with Crippen LogP contribution in [0.4, 0.5) is 10.2 Å². The second kappa shape index (κ2) is 13.0. The van der Waals surface area contributed by atoms with Crippen LogP contribution in [-0.4, -0.2) is 70.5 Å². The van der Waals surface area contributed by atoms with Crippen LogP contribution in [0.15, 0.2) is 60.8 Å². The van der Waals surface area contributed by atoms with Crippen molar-refractivity contribution in [2.45, 2.75) is 12.8 Å². The number of carbonyl (C=O) groups is 3. The summed E-state index contributed by atoms with van der Waals surface area (Å²) in [6, 6.07) is 11.8. The highest BCUT2D eigenvalue weighted by molar-refractivity contribution is 5.96. The molecular formula is C23H26FN3O5. The largest absolute Gasteiger partial charge is 0.478 e. The zero-order chi connectivity index (χ0) is 23.3. The van der Waals surface area contributed by atoms with Crippen LogP contribution in [0.2, 0.25) is 0 Å². The molecule has 9 heteroatoms. The Morgan fingerprint density at radius 3 is 2.09 bits per heavy atom. The first kappa shape index (κ1) is 24.7. The summed E-state index contributed by atoms with van der Waals surface area (Å²) in [5, 5.41) is 15.6. The molecule has 2 heterocycles. The van der Waals surface area contributed by atoms with Crippen molar-refractivity contribution in [3.8, 4) is 0 Å². The number of Topliss-reactive ketones (excluding diaryl/α,β-unsaturated/α-hetero) is 1. The van der Waals surface area contributed by atoms with Crippen molar-refractivity contribution in [3.05, 3.63) is 72.2 Å². The number of rotatable bonds is 8. The molecule has 2 aromatic rings. The Morgan fingerprint density at radius 1 is 0.938 bits per heavy atom. The van der Waals surface area contributed by atoms with E-state index in [1.165, 1.54) is 12.1 Å². The molecule has 0 unspecified atom stereocenters. The van der Waals surface area contributed by atoms with E-state index in [4.69, 9.17) is 10.2 Å². The van der Waals surface area contributed by atoms with Crippen LogP contribution in [0.3, 0.4) is 0 Å². The van der Waals surface area contributed by atoms with Crippen LogP contribution < -0.4 is 4.90 Å². The quantitative estimate of drug-likeness (QED) is 0.473. The average Bonchev–Trinajstić information content (AvgIpc) is 2.79. The number of ketones is 1. The van der Waals surface area contributed by atoms with Crippen molar-refractivity contribution in [3.63, 3.8) is 0 Å². The molecular weight excluding hydrogens is 417 g/mol. The fourth-order valence-corrected chi connectivity index (χ4v) is 3.13. The Hall–Kier alpha value is -3.59. The fraction of sp³-hybridized carbons (Fsp3) is 0.304. The molecule has 0 amide bonds. The molecule has 1 aliphatic heterocycles. The fourth-order valence-electron chi connectivity index (χ4n) is 3.13. The van der Waals surface area contributed by atoms with Gasteiger partial charge in [-0.15, -0.1) is 0 Å². The number of carboxylic acid groups (broad SMARTS) is 2. The van der Waals surface area contributed by atoms with Crippen LogP contribution in [-0.2, 0) is 9.59 Å². The van der Waals surface area contributed by atoms with Gasteiger partial charge in [0.05, 0.1) is 0 Å². The molecule has 32 heavy (non-hydrogen) atoms. The molecule has 0 aliphatic carbocycles. The second-order valence-electron chi connectivity index (χ2n) is 7.06. The molecule has 0 saturated carbocycles. The Bertz CT molecular complexity index is 895. The molecule has 0 atom stereocenters. The summed E-state index contributed by atoms with van der Waals surface area (Å²) in [5.74, 6) is -1.71. The Labute approximate surface area is 185 Å². The highest BCUT2D eigenvalue weighted by atomic mass is 19.1. The standard InChI is InChI=1S/C19H22FN3O.C4H4O4/c20-17-8-6-16(7-9-17)18(24)4-3-11-22-12-14-23(15-13-22)19-5-1-2-10-21-19;5-3(6)1-2-4(7)8/h1-2,5-10H,3-4,11-15H2;1-2H,(H,5,6)(H,7,8)/b;2-1-. The molecule has 1 fully saturated rings. The van der Waals surface area contributed by atoms with E-state index in [1.54, 1.807) is 12.1 Å². The van der Waals surface area contributed by atoms with E-state index in [2.05, 4.69) is 14.8 Å². The topological polar surface area (TPSA) is 111 Å². The van der Waals surface area contributed by atoms with Crippen LogP contribution in [0, 0.1) is 5.82 Å². The van der Waals surface area contributed by atoms with E-state index >= 15 is 0 Å². The zero-order valence-electron chi connectivity index (χ0n) is 17.6. The Morgan fingerprint density at radius 2 is 1.56 bits per heavy atom. The van der Waals surface area contributed by atoms with E-state index in [0.29, 0.717) is 24.1 Å². The number of aliphatic carboxylic acids is 2. The van der Waals surface area contributed by atoms with Gasteiger partial charge in [0.15, 0.2) is 5.78 Å². The average molecular weight is 443 g/mol. The second-order valence-corrected chi connectivity index (χ2v) is 7.06. The van der Waals surface area contributed by atoms with E-state index in [0.717, 1.165) is 45.0 Å². The number of benzene rings is 1. The molecule has 1 aliphatic rings. The number of hydrogen-bond donors (Lipinski definition) is 2. The SMILES string of the molecule is O=C(CCCN1CCN(c2ccccn2)CC1)c1ccc(F)cc1.O=C(O)/C=C\C(=O)O. The summed E-state index contributed by atoms with van der Waals surface area (Å²) in [4.78, 5) is 40.3. The van der Waals surface area contributed by atoms with Gasteiger partial charge in [-0.2, -0.15) is 0 Å². The van der Waals surface area contributed by atoms with Gasteiger partial charge in [0.2, 0.25) is 0 Å². The number of anilines is 1. The van der Waals surface area contributed by atoms with Gasteiger partial charge < -0.3 is 15.1 Å². The summed E-state index contributed by atoms with van der Waals surface area (Å²) in [6.07, 6.45) is 4.28. The van der Waals surface area contributed by atoms with Gasteiger partial charge in [0.25, 0.3) is 0 Å². The van der Waals surface area contributed by atoms with E-state index in [9.17, 15) is 18.8 Å². The zero-order valence-corrected chi connectivity index (χ0v) is 17.6. The van der Waals surface area contributed by atoms with Gasteiger partial charge in [-0.3, -0.25) is 9.69 Å². The first-order valence-corrected chi connectivity index (χ1v) is 10.2. The van der Waals surface area contributed by atoms with Crippen molar-refractivity contribution >= 4 is 23.5 Å². The maximum absolute atomic E-state index is 12.9. The van der Waals surface area contributed by atoms with Crippen LogP contribution in [0.25, 0.3) is 0 Å². The summed E-state index contributed by atoms with van der Waals surface area (Å²) in [5.41, 5.74) is 0.594. The molecule has 0 radical (unpaired) electrons. The number of halogens is 1. The van der Waals surface area contributed by atoms with E-state index in [-0.39, 0.29) is 11.6 Å². The van der Waals surface area contributed by atoms with Gasteiger partial charge in [0, 0.05) is 56.5 Å². The lowest BCUT2D eigenvalue weighted by Gasteiger charge is -2.35. The van der Waals surface area contributed by atoms with Gasteiger partial charge in [-0.1, -0.05) is 6.07 Å². The minimum atomic E-state index is -1.26. The van der Waals surface area contributed by atoms with Crippen LogP contribution in [0.1, 0.15) is 23.2 Å². The van der Waals surface area contributed by atoms with Crippen molar-refractivity contribution < 1.29 is 29.0 Å². The molecule has 0 bridgehead atoms. The third-order valence-corrected chi connectivity index (χ3v) is 4.76. The first-order valence-electron chi connectivity index (χ1n) is 10.2. The molecule has 3 rings (SSSR count). The maximum Gasteiger partial charge on any atom is 0.328 e. The molecule has 1 aromatic heterocycles. The number of nitrogens with zero attached hydrogens (tertiary/aromatic N) is 3. The normalized spacial score (nSPS) is 14.0. The van der Waals surface area contributed by atoms with Crippen molar-refractivity contribution in [2.75, 3.05) is 37.6 Å². The molecule has 1 saturated heterocycles. The third-order valence-electron chi connectivity index (χ3n) is 4.76. The predicted octanol–water partition coefficient (Wildman–Crippen LogP) is 2.72. The van der Waals surface area contributed by atoms with E-state index in [1.807, 2.05) is 24.4 Å². The molecule has 8 nitrogen and oxygen atoms in total. The van der Waals surface area contributed by atoms with Gasteiger partial charge in [0.1, 0.15) is 11.6 Å². The minimum Gasteiger partial charge on any atom is -0.478 e. The lowest BCUT2D eigenvalue weighted by molar-refractivity contribution is -0.134. The summed E-state index contributed by atoms with van der Waals surface area (Å²) in [7, 11) is 0. The van der Waals surface area contributed by atoms with Gasteiger partial charge in [-0.05, 0) is 49.4 Å². The molecule has 2 N–H and O–H groups in total. The number of piperazine rings is 1. The molecule has 0 spiro atoms. The monoisotopic (exact) mass is 443 g/mol. The van der Waals surface area contributed by atoms with Crippen LogP contribution in [0.5, 0.6) is 0 Å².